The largest absolute Gasteiger partial charge is 0.507 e. The summed E-state index contributed by atoms with van der Waals surface area (Å²) in [7, 11) is 1.54. The Labute approximate surface area is 248 Å². The van der Waals surface area contributed by atoms with Crippen molar-refractivity contribution in [1.29, 1.82) is 0 Å². The van der Waals surface area contributed by atoms with Crippen LogP contribution in [-0.4, -0.2) is 22.4 Å². The molecule has 6 heteroatoms. The minimum Gasteiger partial charge on any atom is -0.507 e. The summed E-state index contributed by atoms with van der Waals surface area (Å²) in [4.78, 5) is 13.2. The van der Waals surface area contributed by atoms with Gasteiger partial charge in [-0.2, -0.15) is 0 Å². The van der Waals surface area contributed by atoms with Gasteiger partial charge in [0.25, 0.3) is 0 Å². The van der Waals surface area contributed by atoms with E-state index in [0.29, 0.717) is 28.6 Å². The Morgan fingerprint density at radius 3 is 2.52 bits per heavy atom. The van der Waals surface area contributed by atoms with Crippen LogP contribution in [0.2, 0.25) is 0 Å². The van der Waals surface area contributed by atoms with E-state index in [9.17, 15) is 20.1 Å². The van der Waals surface area contributed by atoms with Crippen molar-refractivity contribution >= 4 is 11.0 Å². The molecule has 3 atom stereocenters. The van der Waals surface area contributed by atoms with Crippen LogP contribution in [0, 0.1) is 22.7 Å². The summed E-state index contributed by atoms with van der Waals surface area (Å²) in [5.74, 6) is 0.617. The molecule has 2 aliphatic rings. The van der Waals surface area contributed by atoms with E-state index >= 15 is 0 Å². The number of rotatable bonds is 7. The number of phenols is 2. The van der Waals surface area contributed by atoms with Crippen LogP contribution >= 0.6 is 0 Å². The molecule has 0 radical (unpaired) electrons. The van der Waals surface area contributed by atoms with Crippen LogP contribution in [0.3, 0.4) is 0 Å². The monoisotopic (exact) mass is 572 g/mol. The van der Waals surface area contributed by atoms with Crippen LogP contribution in [-0.2, 0) is 6.42 Å². The normalized spacial score (nSPS) is 24.0. The van der Waals surface area contributed by atoms with Gasteiger partial charge in [0.05, 0.1) is 7.11 Å². The maximum atomic E-state index is 13.2. The van der Waals surface area contributed by atoms with Crippen LogP contribution in [0.15, 0.2) is 63.3 Å². The highest BCUT2D eigenvalue weighted by Crippen LogP contribution is 2.61. The summed E-state index contributed by atoms with van der Waals surface area (Å²) in [6.45, 7) is 13.9. The highest BCUT2D eigenvalue weighted by Gasteiger charge is 2.52. The van der Waals surface area contributed by atoms with Crippen molar-refractivity contribution in [3.8, 4) is 34.3 Å². The van der Waals surface area contributed by atoms with Gasteiger partial charge in [-0.05, 0) is 98.8 Å². The average molecular weight is 573 g/mol. The van der Waals surface area contributed by atoms with Gasteiger partial charge in [-0.1, -0.05) is 51.0 Å². The Morgan fingerprint density at radius 1 is 1.12 bits per heavy atom. The molecular formula is C36H44O6. The van der Waals surface area contributed by atoms with E-state index in [-0.39, 0.29) is 45.6 Å². The molecule has 3 N–H and O–H groups in total. The predicted octanol–water partition coefficient (Wildman–Crippen LogP) is 8.65. The third-order valence-corrected chi connectivity index (χ3v) is 10.4. The maximum Gasteiger partial charge on any atom is 0.238 e. The van der Waals surface area contributed by atoms with E-state index in [0.717, 1.165) is 24.8 Å². The lowest BCUT2D eigenvalue weighted by atomic mass is 9.47. The first-order chi connectivity index (χ1) is 19.9. The molecule has 0 saturated heterocycles. The molecule has 5 rings (SSSR count). The standard InChI is InChI=1S/C36H44O6/c1-21(9-16-26-22(2)10-17-29-35(3,4)18-7-19-36(26,29)5)8-15-25-27(37)20-28-30(31(25)38)32(39)33(40)34(42-28)23-11-13-24(41-6)14-12-23/h8,11-14,20,26,29,37-38,40H,2,7,9-10,15-19H2,1,3-6H3/b21-8+/t26-,29-,36+/m0/s1. The van der Waals surface area contributed by atoms with Gasteiger partial charge in [0.2, 0.25) is 11.2 Å². The molecule has 1 aromatic heterocycles. The molecule has 224 valence electrons. The van der Waals surface area contributed by atoms with E-state index in [2.05, 4.69) is 34.3 Å². The second kappa shape index (κ2) is 11.2. The van der Waals surface area contributed by atoms with Gasteiger partial charge in [-0.25, -0.2) is 0 Å². The highest BCUT2D eigenvalue weighted by atomic mass is 16.5. The van der Waals surface area contributed by atoms with Crippen molar-refractivity contribution in [3.63, 3.8) is 0 Å². The fourth-order valence-electron chi connectivity index (χ4n) is 8.05. The third-order valence-electron chi connectivity index (χ3n) is 10.4. The number of allylic oxidation sites excluding steroid dienone is 3. The van der Waals surface area contributed by atoms with Gasteiger partial charge in [-0.15, -0.1) is 0 Å². The number of benzene rings is 2. The quantitative estimate of drug-likeness (QED) is 0.245. The van der Waals surface area contributed by atoms with Crippen LogP contribution < -0.4 is 10.2 Å². The lowest BCUT2D eigenvalue weighted by Crippen LogP contribution is -2.49. The second-order valence-corrected chi connectivity index (χ2v) is 13.4. The fraction of sp³-hybridized carbons (Fsp3) is 0.472. The van der Waals surface area contributed by atoms with E-state index in [4.69, 9.17) is 9.15 Å². The minimum absolute atomic E-state index is 0.00270. The molecule has 2 aliphatic carbocycles. The number of ether oxygens (including phenoxy) is 1. The van der Waals surface area contributed by atoms with Gasteiger partial charge in [0.1, 0.15) is 28.2 Å². The highest BCUT2D eigenvalue weighted by molar-refractivity contribution is 5.89. The zero-order valence-corrected chi connectivity index (χ0v) is 25.5. The number of fused-ring (bicyclic) bond motifs is 2. The zero-order valence-electron chi connectivity index (χ0n) is 25.5. The van der Waals surface area contributed by atoms with E-state index in [1.54, 1.807) is 31.4 Å². The smallest absolute Gasteiger partial charge is 0.238 e. The summed E-state index contributed by atoms with van der Waals surface area (Å²) in [6.07, 6.45) is 10.3. The molecular weight excluding hydrogens is 528 g/mol. The molecule has 42 heavy (non-hydrogen) atoms. The Hall–Kier alpha value is -3.67. The summed E-state index contributed by atoms with van der Waals surface area (Å²) in [5.41, 5.74) is 3.11. The summed E-state index contributed by atoms with van der Waals surface area (Å²) < 4.78 is 11.0. The number of methoxy groups -OCH3 is 1. The molecule has 0 bridgehead atoms. The molecule has 2 aromatic carbocycles. The van der Waals surface area contributed by atoms with Gasteiger partial charge in [0, 0.05) is 17.2 Å². The second-order valence-electron chi connectivity index (χ2n) is 13.4. The fourth-order valence-corrected chi connectivity index (χ4v) is 8.05. The molecule has 0 amide bonds. The van der Waals surface area contributed by atoms with Crippen molar-refractivity contribution in [1.82, 2.24) is 0 Å². The summed E-state index contributed by atoms with van der Waals surface area (Å²) >= 11 is 0. The number of hydrogen-bond acceptors (Lipinski definition) is 6. The van der Waals surface area contributed by atoms with Crippen molar-refractivity contribution in [2.45, 2.75) is 79.1 Å². The first-order valence-electron chi connectivity index (χ1n) is 15.1. The average Bonchev–Trinajstić information content (AvgIpc) is 2.93. The van der Waals surface area contributed by atoms with E-state index < -0.39 is 11.2 Å². The predicted molar refractivity (Wildman–Crippen MR) is 167 cm³/mol. The first-order valence-corrected chi connectivity index (χ1v) is 15.1. The van der Waals surface area contributed by atoms with Gasteiger partial charge < -0.3 is 24.5 Å². The SMILES string of the molecule is C=C1CC[C@H]2C(C)(C)CCC[C@]2(C)[C@H]1CC/C(C)=C/Cc1c(O)cc2oc(-c3ccc(OC)cc3)c(O)c(=O)c2c1O. The summed E-state index contributed by atoms with van der Waals surface area (Å²) in [6, 6.07) is 8.01. The number of aromatic hydroxyl groups is 3. The van der Waals surface area contributed by atoms with Gasteiger partial charge in [0.15, 0.2) is 5.76 Å². The van der Waals surface area contributed by atoms with Crippen LogP contribution in [0.1, 0.15) is 78.2 Å². The van der Waals surface area contributed by atoms with Crippen molar-refractivity contribution in [3.05, 3.63) is 69.9 Å². The zero-order chi connectivity index (χ0) is 30.4. The molecule has 1 heterocycles. The first kappa shape index (κ1) is 29.8. The minimum atomic E-state index is -0.754. The van der Waals surface area contributed by atoms with Crippen molar-refractivity contribution in [2.24, 2.45) is 22.7 Å². The Bertz CT molecular complexity index is 1590. The molecule has 3 aromatic rings. The lowest BCUT2D eigenvalue weighted by Gasteiger charge is -2.58. The molecule has 6 nitrogen and oxygen atoms in total. The van der Waals surface area contributed by atoms with Gasteiger partial charge in [-0.3, -0.25) is 4.79 Å². The van der Waals surface area contributed by atoms with Crippen molar-refractivity contribution in [2.75, 3.05) is 7.11 Å². The Balaban J connectivity index is 1.37. The van der Waals surface area contributed by atoms with E-state index in [1.807, 2.05) is 6.08 Å². The van der Waals surface area contributed by atoms with Crippen LogP contribution in [0.4, 0.5) is 0 Å². The molecule has 0 unspecified atom stereocenters. The van der Waals surface area contributed by atoms with Gasteiger partial charge >= 0.3 is 0 Å². The van der Waals surface area contributed by atoms with E-state index in [1.165, 1.54) is 37.3 Å². The molecule has 2 fully saturated rings. The lowest BCUT2D eigenvalue weighted by molar-refractivity contribution is -0.0539. The molecule has 0 aliphatic heterocycles. The molecule has 0 spiro atoms. The maximum absolute atomic E-state index is 13.2. The number of hydrogen-bond donors (Lipinski definition) is 3. The molecule has 2 saturated carbocycles. The van der Waals surface area contributed by atoms with Crippen LogP contribution in [0.25, 0.3) is 22.3 Å². The summed E-state index contributed by atoms with van der Waals surface area (Å²) in [5, 5.41) is 32.4. The third kappa shape index (κ3) is 5.21. The Kier molecular flexibility index (Phi) is 7.95. The topological polar surface area (TPSA) is 100 Å². The van der Waals surface area contributed by atoms with Crippen LogP contribution in [0.5, 0.6) is 23.0 Å². The van der Waals surface area contributed by atoms with Crippen molar-refractivity contribution < 1.29 is 24.5 Å². The Morgan fingerprint density at radius 2 is 1.83 bits per heavy atom. The number of phenolic OH excluding ortho intramolecular Hbond substituents is 2.